The van der Waals surface area contributed by atoms with Gasteiger partial charge in [0.15, 0.2) is 0 Å². The van der Waals surface area contributed by atoms with Crippen LogP contribution in [-0.2, 0) is 0 Å². The molecule has 1 fully saturated rings. The smallest absolute Gasteiger partial charge is 0.119 e. The molecule has 0 aromatic heterocycles. The van der Waals surface area contributed by atoms with Crippen molar-refractivity contribution in [3.05, 3.63) is 29.8 Å². The summed E-state index contributed by atoms with van der Waals surface area (Å²) in [5.41, 5.74) is 1.38. The van der Waals surface area contributed by atoms with E-state index in [-0.39, 0.29) is 0 Å². The molecular weight excluding hydrogens is 136 g/mol. The lowest BCUT2D eigenvalue weighted by Gasteiger charge is -2.01. The fourth-order valence-corrected chi connectivity index (χ4v) is 1.24. The highest BCUT2D eigenvalue weighted by atomic mass is 16.5. The predicted molar refractivity (Wildman–Crippen MR) is 43.8 cm³/mol. The number of hydrogen-bond donors (Lipinski definition) is 0. The fraction of sp³-hybridized carbons (Fsp3) is 0.400. The molecule has 0 N–H and O–H groups in total. The Bertz CT molecular complexity index is 251. The Morgan fingerprint density at radius 1 is 1.45 bits per heavy atom. The van der Waals surface area contributed by atoms with Crippen molar-refractivity contribution in [2.45, 2.75) is 18.8 Å². The Kier molecular flexibility index (Phi) is 1.57. The van der Waals surface area contributed by atoms with Gasteiger partial charge in [0.05, 0.1) is 7.11 Å². The lowest BCUT2D eigenvalue weighted by Crippen LogP contribution is -1.84. The first-order valence-electron chi connectivity index (χ1n) is 3.95. The topological polar surface area (TPSA) is 9.23 Å². The van der Waals surface area contributed by atoms with Crippen molar-refractivity contribution in [2.75, 3.05) is 7.11 Å². The van der Waals surface area contributed by atoms with Crippen LogP contribution in [0.25, 0.3) is 0 Å². The van der Waals surface area contributed by atoms with Crippen molar-refractivity contribution >= 4 is 0 Å². The van der Waals surface area contributed by atoms with Crippen molar-refractivity contribution < 1.29 is 4.74 Å². The van der Waals surface area contributed by atoms with E-state index in [2.05, 4.69) is 18.2 Å². The molecule has 57 valence electrons. The molecule has 0 amide bonds. The van der Waals surface area contributed by atoms with Crippen LogP contribution in [0.1, 0.15) is 24.3 Å². The van der Waals surface area contributed by atoms with E-state index in [0.717, 1.165) is 11.7 Å². The molecule has 1 radical (unpaired) electrons. The summed E-state index contributed by atoms with van der Waals surface area (Å²) in [7, 11) is 1.69. The van der Waals surface area contributed by atoms with E-state index in [1.165, 1.54) is 18.4 Å². The second-order valence-corrected chi connectivity index (χ2v) is 2.98. The Morgan fingerprint density at radius 2 is 2.27 bits per heavy atom. The van der Waals surface area contributed by atoms with Gasteiger partial charge in [-0.25, -0.2) is 0 Å². The van der Waals surface area contributed by atoms with Gasteiger partial charge in [0.2, 0.25) is 0 Å². The summed E-state index contributed by atoms with van der Waals surface area (Å²) >= 11 is 0. The zero-order chi connectivity index (χ0) is 7.68. The normalized spacial score (nSPS) is 16.5. The molecule has 1 aromatic rings. The van der Waals surface area contributed by atoms with E-state index in [1.54, 1.807) is 7.11 Å². The molecule has 0 aliphatic heterocycles. The van der Waals surface area contributed by atoms with E-state index < -0.39 is 0 Å². The Labute approximate surface area is 67.0 Å². The second kappa shape index (κ2) is 2.57. The zero-order valence-electron chi connectivity index (χ0n) is 6.63. The van der Waals surface area contributed by atoms with Crippen molar-refractivity contribution in [2.24, 2.45) is 0 Å². The summed E-state index contributed by atoms with van der Waals surface area (Å²) in [6.45, 7) is 0. The molecule has 1 saturated carbocycles. The Hall–Kier alpha value is -0.980. The summed E-state index contributed by atoms with van der Waals surface area (Å²) in [5, 5.41) is 0. The van der Waals surface area contributed by atoms with Crippen LogP contribution in [0.15, 0.2) is 18.2 Å². The van der Waals surface area contributed by atoms with E-state index >= 15 is 0 Å². The lowest BCUT2D eigenvalue weighted by molar-refractivity contribution is 0.414. The summed E-state index contributed by atoms with van der Waals surface area (Å²) in [6, 6.07) is 9.10. The van der Waals surface area contributed by atoms with Gasteiger partial charge in [0, 0.05) is 0 Å². The second-order valence-electron chi connectivity index (χ2n) is 2.98. The van der Waals surface area contributed by atoms with Crippen molar-refractivity contribution in [3.63, 3.8) is 0 Å². The van der Waals surface area contributed by atoms with Gasteiger partial charge in [0.25, 0.3) is 0 Å². The molecule has 11 heavy (non-hydrogen) atoms. The van der Waals surface area contributed by atoms with Gasteiger partial charge in [-0.2, -0.15) is 0 Å². The highest BCUT2D eigenvalue weighted by Crippen LogP contribution is 2.40. The third-order valence-corrected chi connectivity index (χ3v) is 2.07. The van der Waals surface area contributed by atoms with Crippen LogP contribution in [0.2, 0.25) is 0 Å². The molecular formula is C10H11O. The molecule has 1 aromatic carbocycles. The summed E-state index contributed by atoms with van der Waals surface area (Å²) in [5.74, 6) is 1.72. The van der Waals surface area contributed by atoms with Gasteiger partial charge >= 0.3 is 0 Å². The van der Waals surface area contributed by atoms with Crippen molar-refractivity contribution in [1.82, 2.24) is 0 Å². The predicted octanol–water partition coefficient (Wildman–Crippen LogP) is 2.37. The number of rotatable bonds is 2. The van der Waals surface area contributed by atoms with Crippen LogP contribution in [0.5, 0.6) is 5.75 Å². The highest BCUT2D eigenvalue weighted by Gasteiger charge is 2.23. The average molecular weight is 147 g/mol. The van der Waals surface area contributed by atoms with E-state index in [9.17, 15) is 0 Å². The summed E-state index contributed by atoms with van der Waals surface area (Å²) < 4.78 is 5.10. The Balaban J connectivity index is 2.26. The highest BCUT2D eigenvalue weighted by molar-refractivity contribution is 5.32. The molecule has 0 heterocycles. The number of hydrogen-bond acceptors (Lipinski definition) is 1. The number of methoxy groups -OCH3 is 1. The molecule has 0 bridgehead atoms. The third-order valence-electron chi connectivity index (χ3n) is 2.07. The van der Waals surface area contributed by atoms with Crippen LogP contribution < -0.4 is 4.74 Å². The SMILES string of the molecule is COc1c[c]cc(C2CC2)c1. The van der Waals surface area contributed by atoms with Crippen LogP contribution in [0.3, 0.4) is 0 Å². The quantitative estimate of drug-likeness (QED) is 0.624. The van der Waals surface area contributed by atoms with Gasteiger partial charge in [-0.1, -0.05) is 6.07 Å². The van der Waals surface area contributed by atoms with Gasteiger partial charge < -0.3 is 4.74 Å². The standard InChI is InChI=1S/C10H11O/c1-11-10-4-2-3-9(7-10)8-5-6-8/h3-4,7-8H,5-6H2,1H3. The first-order chi connectivity index (χ1) is 5.40. The molecule has 1 aliphatic rings. The largest absolute Gasteiger partial charge is 0.497 e. The van der Waals surface area contributed by atoms with Gasteiger partial charge in [-0.05, 0) is 42.5 Å². The maximum Gasteiger partial charge on any atom is 0.119 e. The lowest BCUT2D eigenvalue weighted by atomic mass is 10.1. The molecule has 1 aliphatic carbocycles. The minimum atomic E-state index is 0.793. The monoisotopic (exact) mass is 147 g/mol. The average Bonchev–Trinajstić information content (AvgIpc) is 2.87. The summed E-state index contributed by atoms with van der Waals surface area (Å²) in [4.78, 5) is 0. The minimum Gasteiger partial charge on any atom is -0.497 e. The first kappa shape index (κ1) is 6.71. The zero-order valence-corrected chi connectivity index (χ0v) is 6.63. The van der Waals surface area contributed by atoms with Gasteiger partial charge in [-0.3, -0.25) is 0 Å². The molecule has 0 saturated heterocycles. The van der Waals surface area contributed by atoms with Crippen LogP contribution >= 0.6 is 0 Å². The number of ether oxygens (including phenoxy) is 1. The maximum atomic E-state index is 5.10. The molecule has 1 heteroatoms. The number of benzene rings is 1. The van der Waals surface area contributed by atoms with Gasteiger partial charge in [-0.15, -0.1) is 0 Å². The molecule has 0 atom stereocenters. The van der Waals surface area contributed by atoms with E-state index in [1.807, 2.05) is 6.07 Å². The van der Waals surface area contributed by atoms with E-state index in [4.69, 9.17) is 4.74 Å². The van der Waals surface area contributed by atoms with E-state index in [0.29, 0.717) is 0 Å². The van der Waals surface area contributed by atoms with Crippen molar-refractivity contribution in [3.8, 4) is 5.75 Å². The van der Waals surface area contributed by atoms with Crippen LogP contribution in [-0.4, -0.2) is 7.11 Å². The maximum absolute atomic E-state index is 5.10. The first-order valence-corrected chi connectivity index (χ1v) is 3.95. The van der Waals surface area contributed by atoms with Crippen LogP contribution in [0, 0.1) is 6.07 Å². The summed E-state index contributed by atoms with van der Waals surface area (Å²) in [6.07, 6.45) is 2.67. The van der Waals surface area contributed by atoms with Crippen LogP contribution in [0.4, 0.5) is 0 Å². The van der Waals surface area contributed by atoms with Gasteiger partial charge in [0.1, 0.15) is 5.75 Å². The fourth-order valence-electron chi connectivity index (χ4n) is 1.24. The molecule has 1 nitrogen and oxygen atoms in total. The molecule has 0 unspecified atom stereocenters. The Morgan fingerprint density at radius 3 is 2.91 bits per heavy atom. The molecule has 2 rings (SSSR count). The minimum absolute atomic E-state index is 0.793. The molecule has 0 spiro atoms. The third kappa shape index (κ3) is 1.37. The van der Waals surface area contributed by atoms with Crippen molar-refractivity contribution in [1.29, 1.82) is 0 Å².